The van der Waals surface area contributed by atoms with E-state index < -0.39 is 6.10 Å². The molecule has 1 N–H and O–H groups in total. The zero-order valence-electron chi connectivity index (χ0n) is 14.3. The van der Waals surface area contributed by atoms with Gasteiger partial charge >= 0.3 is 0 Å². The number of aliphatic hydroxyl groups excluding tert-OH is 1. The number of hydrogen-bond donors (Lipinski definition) is 1. The normalized spacial score (nSPS) is 15.2. The number of nitrogens with zero attached hydrogens (tertiary/aromatic N) is 2. The molecule has 0 heterocycles. The van der Waals surface area contributed by atoms with Gasteiger partial charge in [0.05, 0.1) is 12.6 Å². The highest BCUT2D eigenvalue weighted by Gasteiger charge is 2.32. The molecule has 0 aromatic heterocycles. The highest BCUT2D eigenvalue weighted by atomic mass is 19.1. The topological polar surface area (TPSA) is 43.8 Å². The van der Waals surface area contributed by atoms with Crippen LogP contribution in [-0.4, -0.2) is 42.1 Å². The predicted molar refractivity (Wildman–Crippen MR) is 95.8 cm³/mol. The molecule has 3 rings (SSSR count). The van der Waals surface area contributed by atoms with E-state index in [1.165, 1.54) is 12.1 Å². The molecule has 1 atom stereocenters. The molecule has 25 heavy (non-hydrogen) atoms. The van der Waals surface area contributed by atoms with Crippen molar-refractivity contribution in [3.8, 4) is 0 Å². The van der Waals surface area contributed by atoms with Gasteiger partial charge in [0, 0.05) is 25.3 Å². The van der Waals surface area contributed by atoms with Crippen LogP contribution in [0.15, 0.2) is 54.6 Å². The molecule has 132 valence electrons. The maximum atomic E-state index is 13.0. The number of carbonyl (C=O) groups is 1. The highest BCUT2D eigenvalue weighted by Crippen LogP contribution is 2.29. The summed E-state index contributed by atoms with van der Waals surface area (Å²) in [4.78, 5) is 16.3. The molecular formula is C20H23FN2O2. The Morgan fingerprint density at radius 1 is 1.16 bits per heavy atom. The molecule has 1 unspecified atom stereocenters. The van der Waals surface area contributed by atoms with Gasteiger partial charge < -0.3 is 10.0 Å². The zero-order valence-corrected chi connectivity index (χ0v) is 14.3. The van der Waals surface area contributed by atoms with Gasteiger partial charge in [-0.05, 0) is 42.7 Å². The lowest BCUT2D eigenvalue weighted by molar-refractivity contribution is -0.119. The van der Waals surface area contributed by atoms with Crippen molar-refractivity contribution >= 4 is 11.6 Å². The van der Waals surface area contributed by atoms with Crippen LogP contribution in [0.2, 0.25) is 0 Å². The lowest BCUT2D eigenvalue weighted by Gasteiger charge is -2.27. The summed E-state index contributed by atoms with van der Waals surface area (Å²) < 4.78 is 13.0. The van der Waals surface area contributed by atoms with E-state index in [0.717, 1.165) is 18.5 Å². The Balaban J connectivity index is 1.63. The van der Waals surface area contributed by atoms with Crippen molar-refractivity contribution in [3.63, 3.8) is 0 Å². The Hall–Kier alpha value is -2.24. The van der Waals surface area contributed by atoms with Crippen LogP contribution in [0.5, 0.6) is 0 Å². The van der Waals surface area contributed by atoms with E-state index in [-0.39, 0.29) is 18.3 Å². The van der Waals surface area contributed by atoms with Crippen LogP contribution in [0, 0.1) is 5.82 Å². The average molecular weight is 342 g/mol. The minimum absolute atomic E-state index is 0.00981. The molecule has 0 radical (unpaired) electrons. The number of anilines is 1. The number of rotatable bonds is 7. The lowest BCUT2D eigenvalue weighted by atomic mass is 10.1. The summed E-state index contributed by atoms with van der Waals surface area (Å²) in [7, 11) is 1.76. The number of halogens is 1. The van der Waals surface area contributed by atoms with Gasteiger partial charge in [-0.2, -0.15) is 0 Å². The predicted octanol–water partition coefficient (Wildman–Crippen LogP) is 2.99. The van der Waals surface area contributed by atoms with Gasteiger partial charge in [-0.15, -0.1) is 0 Å². The summed E-state index contributed by atoms with van der Waals surface area (Å²) in [6.07, 6.45) is 1.34. The smallest absolute Gasteiger partial charge is 0.240 e. The van der Waals surface area contributed by atoms with E-state index in [4.69, 9.17) is 0 Å². The third kappa shape index (κ3) is 4.65. The molecule has 2 aromatic carbocycles. The van der Waals surface area contributed by atoms with E-state index in [1.54, 1.807) is 24.1 Å². The van der Waals surface area contributed by atoms with Crippen LogP contribution in [0.25, 0.3) is 0 Å². The fourth-order valence-corrected chi connectivity index (χ4v) is 2.87. The Kier molecular flexibility index (Phi) is 5.46. The first kappa shape index (κ1) is 17.6. The summed E-state index contributed by atoms with van der Waals surface area (Å²) in [5, 5.41) is 10.4. The van der Waals surface area contributed by atoms with Crippen LogP contribution in [0.3, 0.4) is 0 Å². The molecule has 0 spiro atoms. The maximum Gasteiger partial charge on any atom is 0.240 e. The van der Waals surface area contributed by atoms with E-state index >= 15 is 0 Å². The molecule has 0 bridgehead atoms. The summed E-state index contributed by atoms with van der Waals surface area (Å²) in [6, 6.07) is 15.7. The molecule has 1 amide bonds. The Morgan fingerprint density at radius 2 is 1.80 bits per heavy atom. The van der Waals surface area contributed by atoms with E-state index in [9.17, 15) is 14.3 Å². The van der Waals surface area contributed by atoms with Crippen molar-refractivity contribution in [2.24, 2.45) is 0 Å². The van der Waals surface area contributed by atoms with E-state index in [2.05, 4.69) is 0 Å². The summed E-state index contributed by atoms with van der Waals surface area (Å²) >= 11 is 0. The Morgan fingerprint density at radius 3 is 2.40 bits per heavy atom. The minimum Gasteiger partial charge on any atom is -0.387 e. The van der Waals surface area contributed by atoms with Gasteiger partial charge in [-0.1, -0.05) is 30.3 Å². The van der Waals surface area contributed by atoms with Crippen molar-refractivity contribution in [2.45, 2.75) is 25.0 Å². The first-order valence-corrected chi connectivity index (χ1v) is 8.54. The second kappa shape index (κ2) is 7.76. The molecule has 1 fully saturated rings. The van der Waals surface area contributed by atoms with Crippen LogP contribution >= 0.6 is 0 Å². The molecule has 0 saturated heterocycles. The average Bonchev–Trinajstić information content (AvgIpc) is 3.46. The Labute approximate surface area is 147 Å². The van der Waals surface area contributed by atoms with Gasteiger partial charge in [0.15, 0.2) is 0 Å². The van der Waals surface area contributed by atoms with Crippen LogP contribution in [0.1, 0.15) is 24.5 Å². The maximum absolute atomic E-state index is 13.0. The van der Waals surface area contributed by atoms with Crippen LogP contribution in [0.4, 0.5) is 10.1 Å². The van der Waals surface area contributed by atoms with Gasteiger partial charge in [0.25, 0.3) is 0 Å². The van der Waals surface area contributed by atoms with Crippen molar-refractivity contribution in [1.82, 2.24) is 4.90 Å². The molecule has 0 aliphatic heterocycles. The minimum atomic E-state index is -0.740. The lowest BCUT2D eigenvalue weighted by Crippen LogP contribution is -2.41. The first-order valence-electron chi connectivity index (χ1n) is 8.54. The van der Waals surface area contributed by atoms with Crippen molar-refractivity contribution in [1.29, 1.82) is 0 Å². The van der Waals surface area contributed by atoms with Gasteiger partial charge in [0.1, 0.15) is 5.82 Å². The van der Waals surface area contributed by atoms with Gasteiger partial charge in [-0.3, -0.25) is 9.69 Å². The largest absolute Gasteiger partial charge is 0.387 e. The molecule has 1 saturated carbocycles. The SMILES string of the molecule is CN(C(=O)CN(CC(O)c1ccc(F)cc1)C1CC1)c1ccccc1. The number of amides is 1. The van der Waals surface area contributed by atoms with Crippen LogP contribution < -0.4 is 4.90 Å². The van der Waals surface area contributed by atoms with Crippen molar-refractivity contribution in [3.05, 3.63) is 66.0 Å². The molecule has 4 nitrogen and oxygen atoms in total. The fraction of sp³-hybridized carbons (Fsp3) is 0.350. The second-order valence-corrected chi connectivity index (χ2v) is 6.52. The van der Waals surface area contributed by atoms with Crippen molar-refractivity contribution in [2.75, 3.05) is 25.0 Å². The highest BCUT2D eigenvalue weighted by molar-refractivity contribution is 5.94. The summed E-state index contributed by atoms with van der Waals surface area (Å²) in [5.41, 5.74) is 1.51. The monoisotopic (exact) mass is 342 g/mol. The molecular weight excluding hydrogens is 319 g/mol. The Bertz CT molecular complexity index is 701. The number of carbonyl (C=O) groups excluding carboxylic acids is 1. The first-order chi connectivity index (χ1) is 12.0. The molecule has 1 aliphatic carbocycles. The number of aliphatic hydroxyl groups is 1. The molecule has 5 heteroatoms. The zero-order chi connectivity index (χ0) is 17.8. The van der Waals surface area contributed by atoms with Gasteiger partial charge in [-0.25, -0.2) is 4.39 Å². The number of hydrogen-bond acceptors (Lipinski definition) is 3. The number of para-hydroxylation sites is 1. The third-order valence-corrected chi connectivity index (χ3v) is 4.58. The van der Waals surface area contributed by atoms with Crippen molar-refractivity contribution < 1.29 is 14.3 Å². The van der Waals surface area contributed by atoms with Crippen LogP contribution in [-0.2, 0) is 4.79 Å². The second-order valence-electron chi connectivity index (χ2n) is 6.52. The fourth-order valence-electron chi connectivity index (χ4n) is 2.87. The summed E-state index contributed by atoms with van der Waals surface area (Å²) in [5.74, 6) is -0.334. The molecule has 1 aliphatic rings. The quantitative estimate of drug-likeness (QED) is 0.841. The van der Waals surface area contributed by atoms with E-state index in [1.807, 2.05) is 35.2 Å². The number of likely N-dealkylation sites (N-methyl/N-ethyl adjacent to an activating group) is 1. The van der Waals surface area contributed by atoms with Gasteiger partial charge in [0.2, 0.25) is 5.91 Å². The van der Waals surface area contributed by atoms with E-state index in [0.29, 0.717) is 18.2 Å². The standard InChI is InChI=1S/C20H23FN2O2/c1-22(17-5-3-2-4-6-17)20(25)14-23(18-11-12-18)13-19(24)15-7-9-16(21)10-8-15/h2-10,18-19,24H,11-14H2,1H3. The molecule has 2 aromatic rings. The summed E-state index contributed by atoms with van der Waals surface area (Å²) in [6.45, 7) is 0.624. The third-order valence-electron chi connectivity index (χ3n) is 4.58. The number of benzene rings is 2.